The van der Waals surface area contributed by atoms with Crippen molar-refractivity contribution in [2.45, 2.75) is 78.7 Å². The van der Waals surface area contributed by atoms with Crippen molar-refractivity contribution in [3.05, 3.63) is 103 Å². The van der Waals surface area contributed by atoms with Crippen molar-refractivity contribution in [2.24, 2.45) is 5.92 Å². The Morgan fingerprint density at radius 3 is 2.08 bits per heavy atom. The summed E-state index contributed by atoms with van der Waals surface area (Å²) in [4.78, 5) is 11.4. The Morgan fingerprint density at radius 1 is 0.745 bits per heavy atom. The van der Waals surface area contributed by atoms with Crippen molar-refractivity contribution in [3.8, 4) is 39.8 Å². The minimum Gasteiger partial charge on any atom is -0.494 e. The number of nitrogens with zero attached hydrogens (tertiary/aromatic N) is 3. The summed E-state index contributed by atoms with van der Waals surface area (Å²) in [5.41, 5.74) is 6.96. The molecule has 1 unspecified atom stereocenters. The minimum absolute atomic E-state index is 0.318. The molecule has 0 radical (unpaired) electrons. The topological polar surface area (TPSA) is 79.4 Å². The molecule has 51 heavy (non-hydrogen) atoms. The molecule has 0 amide bonds. The zero-order valence-corrected chi connectivity index (χ0v) is 30.2. The quantitative estimate of drug-likeness (QED) is 0.0510. The van der Waals surface area contributed by atoms with Crippen LogP contribution in [0.2, 0.25) is 0 Å². The molecule has 264 valence electrons. The van der Waals surface area contributed by atoms with Crippen molar-refractivity contribution >= 4 is 27.8 Å². The van der Waals surface area contributed by atoms with Crippen LogP contribution in [-0.4, -0.2) is 33.9 Å². The lowest BCUT2D eigenvalue weighted by atomic mass is 9.99. The third kappa shape index (κ3) is 8.77. The van der Waals surface area contributed by atoms with Gasteiger partial charge in [-0.05, 0) is 105 Å². The molecule has 7 heteroatoms. The van der Waals surface area contributed by atoms with Gasteiger partial charge in [-0.25, -0.2) is 4.79 Å². The van der Waals surface area contributed by atoms with Crippen LogP contribution in [0.4, 0.5) is 0 Å². The molecule has 0 saturated carbocycles. The highest BCUT2D eigenvalue weighted by atomic mass is 16.5. The lowest BCUT2D eigenvalue weighted by Gasteiger charge is -2.17. The molecule has 0 aliphatic carbocycles. The number of ether oxygens (including phenoxy) is 2. The van der Waals surface area contributed by atoms with E-state index in [1.165, 1.54) is 47.5 Å². The predicted octanol–water partition coefficient (Wildman–Crippen LogP) is 11.5. The highest BCUT2D eigenvalue weighted by Crippen LogP contribution is 2.35. The maximum atomic E-state index is 11.4. The zero-order chi connectivity index (χ0) is 35.6. The average molecular weight is 684 g/mol. The molecule has 7 nitrogen and oxygen atoms in total. The number of esters is 1. The molecule has 0 N–H and O–H groups in total. The Hall–Kier alpha value is -5.17. The van der Waals surface area contributed by atoms with E-state index < -0.39 is 0 Å². The van der Waals surface area contributed by atoms with Crippen LogP contribution in [0, 0.1) is 5.92 Å². The molecule has 0 fully saturated rings. The monoisotopic (exact) mass is 683 g/mol. The molecule has 2 heterocycles. The maximum absolute atomic E-state index is 11.4. The van der Waals surface area contributed by atoms with Gasteiger partial charge in [-0.15, -0.1) is 10.2 Å². The molecule has 0 bridgehead atoms. The van der Waals surface area contributed by atoms with Crippen molar-refractivity contribution in [2.75, 3.05) is 13.2 Å². The summed E-state index contributed by atoms with van der Waals surface area (Å²) in [6.07, 6.45) is 8.76. The molecule has 0 aliphatic heterocycles. The summed E-state index contributed by atoms with van der Waals surface area (Å²) in [7, 11) is 0. The number of hydrogen-bond acceptors (Lipinski definition) is 6. The summed E-state index contributed by atoms with van der Waals surface area (Å²) in [6.45, 7) is 12.0. The molecule has 0 spiro atoms. The van der Waals surface area contributed by atoms with E-state index in [1.807, 2.05) is 24.3 Å². The number of rotatable bonds is 18. The first-order valence-electron chi connectivity index (χ1n) is 18.5. The van der Waals surface area contributed by atoms with Crippen molar-refractivity contribution in [3.63, 3.8) is 0 Å². The van der Waals surface area contributed by atoms with Crippen molar-refractivity contribution < 1.29 is 18.7 Å². The standard InChI is InChI=1S/C44H49N3O4/c1-5-7-14-32(6-2)30-47-40-16-11-10-15-38(40)39-29-36(23-26-41(39)47)43-46-45-42(51-43)35-19-17-33(18-20-35)34-21-24-37(25-22-34)49-27-12-8-9-13-28-50-44(48)31(3)4/h10-11,15-26,29,32H,3,5-9,12-14,27-28,30H2,1-2,4H3. The van der Waals surface area contributed by atoms with Crippen LogP contribution in [0.3, 0.4) is 0 Å². The van der Waals surface area contributed by atoms with Gasteiger partial charge in [-0.3, -0.25) is 0 Å². The lowest BCUT2D eigenvalue weighted by Crippen LogP contribution is -2.10. The lowest BCUT2D eigenvalue weighted by molar-refractivity contribution is -0.139. The molecule has 0 saturated heterocycles. The van der Waals surface area contributed by atoms with Crippen LogP contribution in [0.15, 0.2) is 108 Å². The third-order valence-corrected chi connectivity index (χ3v) is 9.64. The number of aromatic nitrogens is 3. The van der Waals surface area contributed by atoms with Gasteiger partial charge in [0.2, 0.25) is 11.8 Å². The van der Waals surface area contributed by atoms with E-state index in [0.717, 1.165) is 60.2 Å². The Labute approximate surface area is 301 Å². The fourth-order valence-corrected chi connectivity index (χ4v) is 6.60. The molecule has 6 aromatic rings. The summed E-state index contributed by atoms with van der Waals surface area (Å²) >= 11 is 0. The summed E-state index contributed by atoms with van der Waals surface area (Å²) in [5, 5.41) is 11.3. The second-order valence-electron chi connectivity index (χ2n) is 13.5. The first-order chi connectivity index (χ1) is 24.9. The van der Waals surface area contributed by atoms with Gasteiger partial charge in [0.1, 0.15) is 5.75 Å². The molecule has 1 atom stereocenters. The number of hydrogen-bond donors (Lipinski definition) is 0. The molecule has 2 aromatic heterocycles. The van der Waals surface area contributed by atoms with Gasteiger partial charge in [0.15, 0.2) is 0 Å². The van der Waals surface area contributed by atoms with E-state index in [4.69, 9.17) is 13.9 Å². The van der Waals surface area contributed by atoms with Crippen LogP contribution in [0.5, 0.6) is 5.75 Å². The predicted molar refractivity (Wildman–Crippen MR) is 207 cm³/mol. The van der Waals surface area contributed by atoms with Crippen molar-refractivity contribution in [1.29, 1.82) is 0 Å². The Morgan fingerprint density at radius 2 is 1.37 bits per heavy atom. The van der Waals surface area contributed by atoms with Crippen molar-refractivity contribution in [1.82, 2.24) is 14.8 Å². The van der Waals surface area contributed by atoms with E-state index in [0.29, 0.717) is 36.5 Å². The largest absolute Gasteiger partial charge is 0.494 e. The van der Waals surface area contributed by atoms with Crippen LogP contribution < -0.4 is 4.74 Å². The average Bonchev–Trinajstić information content (AvgIpc) is 3.78. The minimum atomic E-state index is -0.318. The fourth-order valence-electron chi connectivity index (χ4n) is 6.60. The summed E-state index contributed by atoms with van der Waals surface area (Å²) in [6, 6.07) is 31.6. The van der Waals surface area contributed by atoms with E-state index in [9.17, 15) is 4.79 Å². The second-order valence-corrected chi connectivity index (χ2v) is 13.5. The van der Waals surface area contributed by atoms with Gasteiger partial charge in [0.05, 0.1) is 13.2 Å². The second kappa shape index (κ2) is 17.2. The summed E-state index contributed by atoms with van der Waals surface area (Å²) < 4.78 is 19.8. The first kappa shape index (κ1) is 35.6. The number of benzene rings is 4. The normalized spacial score (nSPS) is 12.0. The SMILES string of the molecule is C=C(C)C(=O)OCCCCCCOc1ccc(-c2ccc(-c3nnc(-c4ccc5c(c4)c4ccccc4n5CC(CC)CCCC)o3)cc2)cc1. The molecule has 6 rings (SSSR count). The van der Waals surface area contributed by atoms with Crippen LogP contribution in [0.25, 0.3) is 55.8 Å². The summed E-state index contributed by atoms with van der Waals surface area (Å²) in [5.74, 6) is 2.21. The first-order valence-corrected chi connectivity index (χ1v) is 18.5. The third-order valence-electron chi connectivity index (χ3n) is 9.64. The zero-order valence-electron chi connectivity index (χ0n) is 30.2. The Kier molecular flexibility index (Phi) is 12.0. The number of unbranched alkanes of at least 4 members (excludes halogenated alkanes) is 4. The van der Waals surface area contributed by atoms with E-state index in [1.54, 1.807) is 6.92 Å². The van der Waals surface area contributed by atoms with Gasteiger partial charge < -0.3 is 18.5 Å². The molecular formula is C44H49N3O4. The molecule has 4 aromatic carbocycles. The highest BCUT2D eigenvalue weighted by Gasteiger charge is 2.17. The number of para-hydroxylation sites is 1. The number of carbonyl (C=O) groups is 1. The smallest absolute Gasteiger partial charge is 0.333 e. The highest BCUT2D eigenvalue weighted by molar-refractivity contribution is 6.09. The van der Waals surface area contributed by atoms with Gasteiger partial charge >= 0.3 is 5.97 Å². The fraction of sp³-hybridized carbons (Fsp3) is 0.341. The number of carbonyl (C=O) groups excluding carboxylic acids is 1. The van der Waals surface area contributed by atoms with E-state index in [2.05, 4.69) is 102 Å². The Bertz CT molecular complexity index is 2060. The van der Waals surface area contributed by atoms with E-state index >= 15 is 0 Å². The van der Waals surface area contributed by atoms with E-state index in [-0.39, 0.29) is 5.97 Å². The molecular weight excluding hydrogens is 635 g/mol. The van der Waals surface area contributed by atoms with Crippen LogP contribution >= 0.6 is 0 Å². The van der Waals surface area contributed by atoms with Gasteiger partial charge in [0, 0.05) is 45.1 Å². The van der Waals surface area contributed by atoms with Crippen LogP contribution in [-0.2, 0) is 16.1 Å². The van der Waals surface area contributed by atoms with Gasteiger partial charge in [-0.2, -0.15) is 0 Å². The van der Waals surface area contributed by atoms with Crippen LogP contribution in [0.1, 0.15) is 72.1 Å². The maximum Gasteiger partial charge on any atom is 0.333 e. The number of fused-ring (bicyclic) bond motifs is 3. The van der Waals surface area contributed by atoms with Gasteiger partial charge in [0.25, 0.3) is 0 Å². The Balaban J connectivity index is 1.06. The molecule has 0 aliphatic rings. The van der Waals surface area contributed by atoms with Gasteiger partial charge in [-0.1, -0.05) is 82.2 Å².